The third-order valence-electron chi connectivity index (χ3n) is 0. The van der Waals surface area contributed by atoms with Gasteiger partial charge in [0.05, 0.1) is 0 Å². The van der Waals surface area contributed by atoms with E-state index in [0.29, 0.717) is 0 Å². The van der Waals surface area contributed by atoms with E-state index in [1.165, 1.54) is 0 Å². The molecule has 0 rings (SSSR count). The summed E-state index contributed by atoms with van der Waals surface area (Å²) in [5.41, 5.74) is 0. The van der Waals surface area contributed by atoms with Gasteiger partial charge in [-0.2, -0.15) is 0 Å². The van der Waals surface area contributed by atoms with Crippen LogP contribution in [0.3, 0.4) is 0 Å². The Labute approximate surface area is 89.8 Å². The van der Waals surface area contributed by atoms with Crippen LogP contribution in [0.5, 0.6) is 0 Å². The van der Waals surface area contributed by atoms with E-state index in [1.807, 2.05) is 0 Å². The Bertz CT molecular complexity index is 213. The molecule has 0 aliphatic carbocycles. The Morgan fingerprint density at radius 2 is 0.667 bits per heavy atom. The fourth-order valence-corrected chi connectivity index (χ4v) is 0. The van der Waals surface area contributed by atoms with E-state index in [4.69, 9.17) is 35.0 Å². The van der Waals surface area contributed by atoms with E-state index >= 15 is 0 Å². The molecular formula is CoCrO8S2+. The second-order valence-corrected chi connectivity index (χ2v) is 2.45. The van der Waals surface area contributed by atoms with Crippen molar-refractivity contribution in [3.05, 3.63) is 0 Å². The van der Waals surface area contributed by atoms with Crippen LogP contribution in [-0.2, 0) is 54.9 Å². The fourth-order valence-electron chi connectivity index (χ4n) is 0. The summed E-state index contributed by atoms with van der Waals surface area (Å²) in [5.74, 6) is 0. The van der Waals surface area contributed by atoms with E-state index in [-0.39, 0.29) is 34.1 Å². The fraction of sp³-hybridized carbons (Fsp3) is 0. The summed E-state index contributed by atoms with van der Waals surface area (Å²) in [6.07, 6.45) is 0. The van der Waals surface area contributed by atoms with Gasteiger partial charge in [0.1, 0.15) is 0 Å². The molecule has 0 heterocycles. The summed E-state index contributed by atoms with van der Waals surface area (Å²) >= 11 is 0. The zero-order valence-electron chi connectivity index (χ0n) is 4.82. The zero-order valence-corrected chi connectivity index (χ0v) is 8.77. The monoisotopic (exact) mass is 303 g/mol. The molecule has 0 N–H and O–H groups in total. The molecule has 0 aliphatic heterocycles. The largest absolute Gasteiger partial charge is 3.00 e. The Morgan fingerprint density at radius 3 is 0.667 bits per heavy atom. The minimum atomic E-state index is -5.17. The van der Waals surface area contributed by atoms with E-state index < -0.39 is 20.8 Å². The second-order valence-electron chi connectivity index (χ2n) is 0.816. The molecule has 0 fully saturated rings. The molecule has 8 nitrogen and oxygen atoms in total. The number of rotatable bonds is 0. The Hall–Kier alpha value is 0.779. The molecule has 12 heavy (non-hydrogen) atoms. The van der Waals surface area contributed by atoms with Gasteiger partial charge in [-0.25, -0.2) is 0 Å². The molecule has 2 radical (unpaired) electrons. The zero-order chi connectivity index (χ0) is 9.00. The summed E-state index contributed by atoms with van der Waals surface area (Å²) in [7, 11) is -10.3. The van der Waals surface area contributed by atoms with Gasteiger partial charge in [0.2, 0.25) is 0 Å². The van der Waals surface area contributed by atoms with Crippen molar-refractivity contribution in [1.82, 2.24) is 0 Å². The van der Waals surface area contributed by atoms with Crippen molar-refractivity contribution < 1.29 is 69.2 Å². The Balaban J connectivity index is -0.0000000457. The molecule has 0 bridgehead atoms. The summed E-state index contributed by atoms with van der Waals surface area (Å²) in [5, 5.41) is 0. The van der Waals surface area contributed by atoms with Crippen molar-refractivity contribution in [3.63, 3.8) is 0 Å². The van der Waals surface area contributed by atoms with Gasteiger partial charge in [0.25, 0.3) is 0 Å². The maximum Gasteiger partial charge on any atom is 3.00 e. The standard InChI is InChI=1S/Co.Cr.2H2O4S/c;;2*1-5(2,3)4/h;;2*(H2,1,2,3,4)/q+2;+3;;/p-4. The van der Waals surface area contributed by atoms with Crippen LogP contribution >= 0.6 is 0 Å². The van der Waals surface area contributed by atoms with Crippen molar-refractivity contribution in [2.75, 3.05) is 0 Å². The third kappa shape index (κ3) is 1700. The van der Waals surface area contributed by atoms with Gasteiger partial charge in [0.15, 0.2) is 0 Å². The molecule has 0 amide bonds. The van der Waals surface area contributed by atoms with Crippen LogP contribution in [0.15, 0.2) is 0 Å². The summed E-state index contributed by atoms with van der Waals surface area (Å²) in [4.78, 5) is 0. The van der Waals surface area contributed by atoms with Gasteiger partial charge in [-0.3, -0.25) is 16.8 Å². The molecule has 0 aromatic rings. The van der Waals surface area contributed by atoms with E-state index in [0.717, 1.165) is 0 Å². The van der Waals surface area contributed by atoms with Crippen molar-refractivity contribution in [3.8, 4) is 0 Å². The molecule has 0 atom stereocenters. The van der Waals surface area contributed by atoms with Gasteiger partial charge in [-0.05, 0) is 0 Å². The predicted octanol–water partition coefficient (Wildman–Crippen LogP) is -2.68. The molecule has 0 aromatic carbocycles. The van der Waals surface area contributed by atoms with Crippen molar-refractivity contribution in [2.45, 2.75) is 0 Å². The maximum atomic E-state index is 8.52. The molecular weight excluding hydrogens is 303 g/mol. The van der Waals surface area contributed by atoms with E-state index in [1.54, 1.807) is 0 Å². The Kier molecular flexibility index (Phi) is 16.1. The van der Waals surface area contributed by atoms with Gasteiger partial charge in [0, 0.05) is 20.8 Å². The first-order valence-corrected chi connectivity index (χ1v) is 4.00. The molecule has 0 saturated carbocycles. The Morgan fingerprint density at radius 1 is 0.667 bits per heavy atom. The normalized spacial score (nSPS) is 9.67. The van der Waals surface area contributed by atoms with E-state index in [2.05, 4.69) is 0 Å². The van der Waals surface area contributed by atoms with Crippen molar-refractivity contribution >= 4 is 20.8 Å². The predicted molar refractivity (Wildman–Crippen MR) is 20.9 cm³/mol. The molecule has 12 heteroatoms. The molecule has 0 saturated heterocycles. The molecule has 0 aromatic heterocycles. The third-order valence-corrected chi connectivity index (χ3v) is 0. The van der Waals surface area contributed by atoms with Crippen LogP contribution in [0.25, 0.3) is 0 Å². The van der Waals surface area contributed by atoms with Crippen LogP contribution in [0.2, 0.25) is 0 Å². The minimum Gasteiger partial charge on any atom is -0.759 e. The molecule has 74 valence electrons. The molecule has 0 spiro atoms. The summed E-state index contributed by atoms with van der Waals surface area (Å²) in [6.45, 7) is 0. The van der Waals surface area contributed by atoms with E-state index in [9.17, 15) is 0 Å². The summed E-state index contributed by atoms with van der Waals surface area (Å²) < 4.78 is 68.2. The van der Waals surface area contributed by atoms with Crippen LogP contribution in [0.1, 0.15) is 0 Å². The van der Waals surface area contributed by atoms with Crippen LogP contribution < -0.4 is 0 Å². The topological polar surface area (TPSA) is 161 Å². The van der Waals surface area contributed by atoms with Gasteiger partial charge < -0.3 is 18.2 Å². The SMILES string of the molecule is O=S(=O)([O-])[O-].O=S(=O)([O-])[O-].[Co+2].[Cr+3]. The van der Waals surface area contributed by atoms with Crippen LogP contribution in [0.4, 0.5) is 0 Å². The average molecular weight is 303 g/mol. The maximum absolute atomic E-state index is 8.52. The second kappa shape index (κ2) is 8.38. The minimum absolute atomic E-state index is 0. The quantitative estimate of drug-likeness (QED) is 0.345. The van der Waals surface area contributed by atoms with Crippen LogP contribution in [0, 0.1) is 0 Å². The summed E-state index contributed by atoms with van der Waals surface area (Å²) in [6, 6.07) is 0. The van der Waals surface area contributed by atoms with Gasteiger partial charge in [-0.15, -0.1) is 0 Å². The first-order chi connectivity index (χ1) is 4.00. The van der Waals surface area contributed by atoms with Gasteiger partial charge in [-0.1, -0.05) is 0 Å². The number of hydrogen-bond acceptors (Lipinski definition) is 8. The van der Waals surface area contributed by atoms with Crippen molar-refractivity contribution in [2.24, 2.45) is 0 Å². The first kappa shape index (κ1) is 23.0. The van der Waals surface area contributed by atoms with Crippen molar-refractivity contribution in [1.29, 1.82) is 0 Å². The van der Waals surface area contributed by atoms with Gasteiger partial charge >= 0.3 is 34.1 Å². The number of hydrogen-bond donors (Lipinski definition) is 0. The molecule has 0 aliphatic rings. The van der Waals surface area contributed by atoms with Crippen LogP contribution in [-0.4, -0.2) is 35.0 Å². The first-order valence-electron chi connectivity index (χ1n) is 1.33. The smallest absolute Gasteiger partial charge is 0.759 e. The molecule has 0 unspecified atom stereocenters. The average Bonchev–Trinajstić information content (AvgIpc) is 1.12.